The van der Waals surface area contributed by atoms with Crippen molar-refractivity contribution in [3.05, 3.63) is 0 Å². The molecule has 4 rings (SSSR count). The van der Waals surface area contributed by atoms with E-state index in [0.29, 0.717) is 24.5 Å². The highest BCUT2D eigenvalue weighted by molar-refractivity contribution is 5.78. The number of urea groups is 1. The van der Waals surface area contributed by atoms with E-state index in [2.05, 4.69) is 22.0 Å². The van der Waals surface area contributed by atoms with E-state index in [1.54, 1.807) is 0 Å². The van der Waals surface area contributed by atoms with Crippen molar-refractivity contribution in [2.75, 3.05) is 26.2 Å². The van der Waals surface area contributed by atoms with Crippen LogP contribution < -0.4 is 5.32 Å². The number of fused-ring (bicyclic) bond motifs is 1. The van der Waals surface area contributed by atoms with Gasteiger partial charge in [-0.3, -0.25) is 9.69 Å². The molecule has 4 aliphatic rings. The van der Waals surface area contributed by atoms with Crippen LogP contribution >= 0.6 is 0 Å². The molecule has 1 aliphatic carbocycles. The molecular weight excluding hydrogens is 340 g/mol. The minimum atomic E-state index is 0.183. The van der Waals surface area contributed by atoms with E-state index in [-0.39, 0.29) is 17.5 Å². The lowest BCUT2D eigenvalue weighted by Crippen LogP contribution is -2.58. The molecule has 1 saturated carbocycles. The second kappa shape index (κ2) is 7.61. The van der Waals surface area contributed by atoms with Gasteiger partial charge in [0, 0.05) is 44.2 Å². The number of rotatable bonds is 3. The Morgan fingerprint density at radius 1 is 1.07 bits per heavy atom. The molecule has 3 heterocycles. The molecule has 0 spiro atoms. The van der Waals surface area contributed by atoms with Crippen LogP contribution in [0, 0.1) is 0 Å². The average Bonchev–Trinajstić information content (AvgIpc) is 3.04. The number of piperidine rings is 2. The average molecular weight is 377 g/mol. The molecule has 3 aliphatic heterocycles. The smallest absolute Gasteiger partial charge is 0.318 e. The highest BCUT2D eigenvalue weighted by Gasteiger charge is 2.45. The maximum atomic E-state index is 12.6. The monoisotopic (exact) mass is 376 g/mol. The van der Waals surface area contributed by atoms with Gasteiger partial charge in [0.25, 0.3) is 0 Å². The van der Waals surface area contributed by atoms with Crippen molar-refractivity contribution in [2.24, 2.45) is 0 Å². The first kappa shape index (κ1) is 19.0. The Kier molecular flexibility index (Phi) is 5.36. The number of carbonyl (C=O) groups excluding carboxylic acids is 2. The number of nitrogens with zero attached hydrogens (tertiary/aromatic N) is 3. The fourth-order valence-corrected chi connectivity index (χ4v) is 5.89. The predicted octanol–water partition coefficient (Wildman–Crippen LogP) is 2.58. The Balaban J connectivity index is 1.33. The number of hydrogen-bond donors (Lipinski definition) is 1. The molecule has 3 saturated heterocycles. The van der Waals surface area contributed by atoms with Crippen LogP contribution in [-0.2, 0) is 4.79 Å². The van der Waals surface area contributed by atoms with Crippen molar-refractivity contribution in [2.45, 2.75) is 95.3 Å². The minimum absolute atomic E-state index is 0.183. The van der Waals surface area contributed by atoms with Crippen LogP contribution in [0.5, 0.6) is 0 Å². The van der Waals surface area contributed by atoms with Crippen molar-refractivity contribution in [1.29, 1.82) is 0 Å². The van der Waals surface area contributed by atoms with Gasteiger partial charge in [0.15, 0.2) is 0 Å². The molecule has 0 bridgehead atoms. The zero-order valence-corrected chi connectivity index (χ0v) is 17.1. The van der Waals surface area contributed by atoms with E-state index < -0.39 is 0 Å². The quantitative estimate of drug-likeness (QED) is 0.824. The number of likely N-dealkylation sites (tertiary alicyclic amines) is 2. The molecule has 0 unspecified atom stereocenters. The summed E-state index contributed by atoms with van der Waals surface area (Å²) in [7, 11) is 0. The molecular formula is C21H36N4O2. The first-order valence-electron chi connectivity index (χ1n) is 11.1. The fourth-order valence-electron chi connectivity index (χ4n) is 5.89. The largest absolute Gasteiger partial charge is 0.343 e. The van der Waals surface area contributed by atoms with E-state index >= 15 is 0 Å². The maximum Gasteiger partial charge on any atom is 0.318 e. The van der Waals surface area contributed by atoms with Gasteiger partial charge in [-0.1, -0.05) is 19.8 Å². The zero-order valence-electron chi connectivity index (χ0n) is 17.1. The Labute approximate surface area is 163 Å². The van der Waals surface area contributed by atoms with E-state index in [9.17, 15) is 9.59 Å². The number of hydrogen-bond acceptors (Lipinski definition) is 3. The SMILES string of the molecule is CCC(=O)N1CCC(C)(N2CCC(N3C(=O)N[C@H]4CCCC[C@@H]43)CC2)CC1. The molecule has 27 heavy (non-hydrogen) atoms. The number of carbonyl (C=O) groups is 2. The third kappa shape index (κ3) is 3.57. The lowest BCUT2D eigenvalue weighted by molar-refractivity contribution is -0.133. The summed E-state index contributed by atoms with van der Waals surface area (Å²) in [6, 6.07) is 1.41. The van der Waals surface area contributed by atoms with Gasteiger partial charge in [-0.15, -0.1) is 0 Å². The van der Waals surface area contributed by atoms with Crippen LogP contribution in [0.2, 0.25) is 0 Å². The van der Waals surface area contributed by atoms with Gasteiger partial charge in [-0.05, 0) is 45.4 Å². The molecule has 152 valence electrons. The third-order valence-electron chi connectivity index (χ3n) is 7.75. The molecule has 0 aromatic carbocycles. The fraction of sp³-hybridized carbons (Fsp3) is 0.905. The minimum Gasteiger partial charge on any atom is -0.343 e. The normalized spacial score (nSPS) is 32.3. The summed E-state index contributed by atoms with van der Waals surface area (Å²) in [5.41, 5.74) is 0.204. The summed E-state index contributed by atoms with van der Waals surface area (Å²) in [5, 5.41) is 3.24. The van der Waals surface area contributed by atoms with Gasteiger partial charge in [-0.25, -0.2) is 4.79 Å². The molecule has 3 amide bonds. The molecule has 0 aromatic heterocycles. The molecule has 0 aromatic rings. The molecule has 4 fully saturated rings. The van der Waals surface area contributed by atoms with Gasteiger partial charge >= 0.3 is 6.03 Å². The van der Waals surface area contributed by atoms with E-state index in [0.717, 1.165) is 58.3 Å². The summed E-state index contributed by atoms with van der Waals surface area (Å²) in [6.45, 7) is 8.25. The molecule has 6 nitrogen and oxygen atoms in total. The van der Waals surface area contributed by atoms with Gasteiger partial charge in [0.1, 0.15) is 0 Å². The number of amides is 3. The van der Waals surface area contributed by atoms with Crippen LogP contribution in [0.1, 0.15) is 71.6 Å². The Bertz CT molecular complexity index is 565. The lowest BCUT2D eigenvalue weighted by Gasteiger charge is -2.50. The van der Waals surface area contributed by atoms with Gasteiger partial charge in [0.2, 0.25) is 5.91 Å². The van der Waals surface area contributed by atoms with Crippen LogP contribution in [0.4, 0.5) is 4.79 Å². The Morgan fingerprint density at radius 3 is 2.41 bits per heavy atom. The number of nitrogens with one attached hydrogen (secondary N) is 1. The van der Waals surface area contributed by atoms with Gasteiger partial charge in [-0.2, -0.15) is 0 Å². The highest BCUT2D eigenvalue weighted by Crippen LogP contribution is 2.35. The van der Waals surface area contributed by atoms with Crippen LogP contribution in [0.15, 0.2) is 0 Å². The Morgan fingerprint density at radius 2 is 1.74 bits per heavy atom. The maximum absolute atomic E-state index is 12.6. The van der Waals surface area contributed by atoms with Crippen molar-refractivity contribution in [1.82, 2.24) is 20.0 Å². The third-order valence-corrected chi connectivity index (χ3v) is 7.75. The van der Waals surface area contributed by atoms with Crippen molar-refractivity contribution < 1.29 is 9.59 Å². The standard InChI is InChI=1S/C21H36N4O2/c1-3-19(26)23-14-10-21(2,11-15-23)24-12-8-16(9-13-24)25-18-7-5-4-6-17(18)22-20(25)27/h16-18H,3-15H2,1-2H3,(H,22,27)/t17-,18-/m0/s1. The molecule has 0 radical (unpaired) electrons. The summed E-state index contributed by atoms with van der Waals surface area (Å²) in [5.74, 6) is 0.290. The van der Waals surface area contributed by atoms with Crippen molar-refractivity contribution in [3.63, 3.8) is 0 Å². The highest BCUT2D eigenvalue weighted by atomic mass is 16.2. The lowest BCUT2D eigenvalue weighted by atomic mass is 9.84. The summed E-state index contributed by atoms with van der Waals surface area (Å²) in [4.78, 5) is 31.4. The molecule has 1 N–H and O–H groups in total. The van der Waals surface area contributed by atoms with Crippen LogP contribution in [0.25, 0.3) is 0 Å². The summed E-state index contributed by atoms with van der Waals surface area (Å²) < 4.78 is 0. The first-order valence-corrected chi connectivity index (χ1v) is 11.1. The second-order valence-corrected chi connectivity index (χ2v) is 9.26. The van der Waals surface area contributed by atoms with E-state index in [1.165, 1.54) is 19.3 Å². The van der Waals surface area contributed by atoms with E-state index in [4.69, 9.17) is 0 Å². The molecule has 2 atom stereocenters. The summed E-state index contributed by atoms with van der Waals surface area (Å²) in [6.07, 6.45) is 9.76. The van der Waals surface area contributed by atoms with Crippen LogP contribution in [-0.4, -0.2) is 76.5 Å². The van der Waals surface area contributed by atoms with Crippen molar-refractivity contribution >= 4 is 11.9 Å². The predicted molar refractivity (Wildman–Crippen MR) is 106 cm³/mol. The van der Waals surface area contributed by atoms with Gasteiger partial charge in [0.05, 0.1) is 12.1 Å². The first-order chi connectivity index (χ1) is 13.0. The topological polar surface area (TPSA) is 55.9 Å². The second-order valence-electron chi connectivity index (χ2n) is 9.26. The van der Waals surface area contributed by atoms with Gasteiger partial charge < -0.3 is 15.1 Å². The Hall–Kier alpha value is -1.30. The van der Waals surface area contributed by atoms with Crippen molar-refractivity contribution in [3.8, 4) is 0 Å². The summed E-state index contributed by atoms with van der Waals surface area (Å²) >= 11 is 0. The van der Waals surface area contributed by atoms with Crippen LogP contribution in [0.3, 0.4) is 0 Å². The van der Waals surface area contributed by atoms with E-state index in [1.807, 2.05) is 11.8 Å². The molecule has 6 heteroatoms. The zero-order chi connectivity index (χ0) is 19.0.